The van der Waals surface area contributed by atoms with Crippen LogP contribution in [0.4, 0.5) is 0 Å². The Hall–Kier alpha value is -3.04. The molecule has 0 aliphatic heterocycles. The minimum Gasteiger partial charge on any atom is -0.349 e. The van der Waals surface area contributed by atoms with E-state index in [1.807, 2.05) is 36.4 Å². The molecule has 6 heteroatoms. The van der Waals surface area contributed by atoms with Crippen molar-refractivity contribution in [1.29, 1.82) is 5.26 Å². The number of hydrogen-bond acceptors (Lipinski definition) is 5. The highest BCUT2D eigenvalue weighted by atomic mass is 32.1. The van der Waals surface area contributed by atoms with E-state index in [-0.39, 0.29) is 37.0 Å². The fourth-order valence-corrected chi connectivity index (χ4v) is 3.72. The van der Waals surface area contributed by atoms with Gasteiger partial charge in [-0.15, -0.1) is 11.3 Å². The molecule has 1 atom stereocenters. The Morgan fingerprint density at radius 1 is 1.19 bits per heavy atom. The van der Waals surface area contributed by atoms with Gasteiger partial charge in [0.15, 0.2) is 5.78 Å². The molecule has 1 aromatic heterocycles. The Bertz CT molecular complexity index is 1010. The van der Waals surface area contributed by atoms with Gasteiger partial charge in [-0.05, 0) is 30.2 Å². The van der Waals surface area contributed by atoms with E-state index in [1.54, 1.807) is 6.92 Å². The summed E-state index contributed by atoms with van der Waals surface area (Å²) in [6, 6.07) is 18.2. The summed E-state index contributed by atoms with van der Waals surface area (Å²) in [4.78, 5) is 28.3. The number of ketones is 1. The second-order valence-corrected chi connectivity index (χ2v) is 7.50. The lowest BCUT2D eigenvalue weighted by Crippen LogP contribution is -2.31. The van der Waals surface area contributed by atoms with Crippen LogP contribution in [0.5, 0.6) is 0 Å². The molecule has 136 valence electrons. The van der Waals surface area contributed by atoms with Crippen molar-refractivity contribution in [2.24, 2.45) is 5.92 Å². The molecule has 27 heavy (non-hydrogen) atoms. The number of amides is 1. The summed E-state index contributed by atoms with van der Waals surface area (Å²) < 4.78 is 1.03. The number of Topliss-reactive ketones (excluding diaryl/α,β-unsaturated/α-hetero) is 1. The first kappa shape index (κ1) is 18.7. The van der Waals surface area contributed by atoms with Gasteiger partial charge in [0.2, 0.25) is 5.91 Å². The van der Waals surface area contributed by atoms with Gasteiger partial charge in [-0.3, -0.25) is 9.59 Å². The Kier molecular flexibility index (Phi) is 5.94. The highest BCUT2D eigenvalue weighted by molar-refractivity contribution is 7.18. The maximum absolute atomic E-state index is 12.1. The molecule has 0 fully saturated rings. The molecule has 3 rings (SSSR count). The molecule has 1 amide bonds. The van der Waals surface area contributed by atoms with Crippen molar-refractivity contribution in [2.45, 2.75) is 19.8 Å². The first-order valence-corrected chi connectivity index (χ1v) is 9.49. The SMILES string of the molecule is C[C@@H](C#N)CC(=O)CNC(=O)Cc1nc2ccc(-c3ccccc3)cc2s1. The van der Waals surface area contributed by atoms with E-state index >= 15 is 0 Å². The summed E-state index contributed by atoms with van der Waals surface area (Å²) in [6.07, 6.45) is 0.293. The van der Waals surface area contributed by atoms with Crippen LogP contribution in [0.3, 0.4) is 0 Å². The number of thiazole rings is 1. The summed E-state index contributed by atoms with van der Waals surface area (Å²) in [5.41, 5.74) is 3.11. The lowest BCUT2D eigenvalue weighted by molar-refractivity contribution is -0.125. The summed E-state index contributed by atoms with van der Waals surface area (Å²) in [7, 11) is 0. The Morgan fingerprint density at radius 3 is 2.70 bits per heavy atom. The first-order chi connectivity index (χ1) is 13.0. The zero-order valence-electron chi connectivity index (χ0n) is 14.9. The first-order valence-electron chi connectivity index (χ1n) is 8.68. The highest BCUT2D eigenvalue weighted by Gasteiger charge is 2.13. The average molecular weight is 377 g/mol. The third-order valence-corrected chi connectivity index (χ3v) is 5.11. The average Bonchev–Trinajstić information content (AvgIpc) is 3.08. The number of carbonyl (C=O) groups excluding carboxylic acids is 2. The van der Waals surface area contributed by atoms with Crippen molar-refractivity contribution >= 4 is 33.2 Å². The van der Waals surface area contributed by atoms with Crippen molar-refractivity contribution in [2.75, 3.05) is 6.54 Å². The fourth-order valence-electron chi connectivity index (χ4n) is 2.71. The van der Waals surface area contributed by atoms with Crippen LogP contribution < -0.4 is 5.32 Å². The van der Waals surface area contributed by atoms with Crippen LogP contribution in [0.15, 0.2) is 48.5 Å². The summed E-state index contributed by atoms with van der Waals surface area (Å²) >= 11 is 1.48. The number of benzene rings is 2. The van der Waals surface area contributed by atoms with E-state index in [9.17, 15) is 9.59 Å². The highest BCUT2D eigenvalue weighted by Crippen LogP contribution is 2.28. The lowest BCUT2D eigenvalue weighted by atomic mass is 10.1. The third kappa shape index (κ3) is 4.99. The van der Waals surface area contributed by atoms with Gasteiger partial charge < -0.3 is 5.32 Å². The molecule has 0 spiro atoms. The largest absolute Gasteiger partial charge is 0.349 e. The van der Waals surface area contributed by atoms with E-state index in [2.05, 4.69) is 28.5 Å². The number of nitriles is 1. The topological polar surface area (TPSA) is 82.9 Å². The molecule has 0 bridgehead atoms. The Balaban J connectivity index is 1.63. The minimum atomic E-state index is -0.336. The van der Waals surface area contributed by atoms with Crippen LogP contribution in [0.2, 0.25) is 0 Å². The summed E-state index contributed by atoms with van der Waals surface area (Å²) in [6.45, 7) is 1.64. The molecular formula is C21H19N3O2S. The molecule has 1 heterocycles. The molecule has 0 radical (unpaired) electrons. The van der Waals surface area contributed by atoms with Crippen molar-refractivity contribution in [3.05, 3.63) is 53.5 Å². The van der Waals surface area contributed by atoms with Crippen molar-refractivity contribution in [3.63, 3.8) is 0 Å². The predicted octanol–water partition coefficient (Wildman–Crippen LogP) is 3.74. The summed E-state index contributed by atoms with van der Waals surface area (Å²) in [5.74, 6) is -0.720. The van der Waals surface area contributed by atoms with Gasteiger partial charge in [-0.2, -0.15) is 5.26 Å². The molecule has 0 aliphatic carbocycles. The smallest absolute Gasteiger partial charge is 0.227 e. The quantitative estimate of drug-likeness (QED) is 0.680. The normalized spacial score (nSPS) is 11.7. The zero-order chi connectivity index (χ0) is 19.2. The van der Waals surface area contributed by atoms with Crippen molar-refractivity contribution < 1.29 is 9.59 Å². The number of nitrogens with one attached hydrogen (secondary N) is 1. The maximum atomic E-state index is 12.1. The second-order valence-electron chi connectivity index (χ2n) is 6.38. The number of rotatable bonds is 7. The predicted molar refractivity (Wildman–Crippen MR) is 106 cm³/mol. The van der Waals surface area contributed by atoms with E-state index in [1.165, 1.54) is 11.3 Å². The number of hydrogen-bond donors (Lipinski definition) is 1. The standard InChI is InChI=1S/C21H19N3O2S/c1-14(12-22)9-17(25)13-23-20(26)11-21-24-18-8-7-16(10-19(18)27-21)15-5-3-2-4-6-15/h2-8,10,14H,9,11,13H2,1H3,(H,23,26)/t14-/m1/s1. The van der Waals surface area contributed by atoms with E-state index in [0.717, 1.165) is 21.3 Å². The van der Waals surface area contributed by atoms with Gasteiger partial charge >= 0.3 is 0 Å². The number of aromatic nitrogens is 1. The van der Waals surface area contributed by atoms with E-state index in [4.69, 9.17) is 5.26 Å². The van der Waals surface area contributed by atoms with Gasteiger partial charge in [-0.1, -0.05) is 36.4 Å². The number of carbonyl (C=O) groups is 2. The summed E-state index contributed by atoms with van der Waals surface area (Å²) in [5, 5.41) is 12.0. The molecule has 2 aromatic carbocycles. The van der Waals surface area contributed by atoms with Gasteiger partial charge in [0.1, 0.15) is 5.01 Å². The van der Waals surface area contributed by atoms with Crippen LogP contribution >= 0.6 is 11.3 Å². The Labute approximate surface area is 161 Å². The molecule has 0 unspecified atom stereocenters. The molecule has 5 nitrogen and oxygen atoms in total. The Morgan fingerprint density at radius 2 is 1.96 bits per heavy atom. The van der Waals surface area contributed by atoms with Crippen LogP contribution in [0, 0.1) is 17.2 Å². The fraction of sp³-hybridized carbons (Fsp3) is 0.238. The van der Waals surface area contributed by atoms with Crippen molar-refractivity contribution in [1.82, 2.24) is 10.3 Å². The van der Waals surface area contributed by atoms with Gasteiger partial charge in [0.25, 0.3) is 0 Å². The van der Waals surface area contributed by atoms with Crippen LogP contribution in [-0.4, -0.2) is 23.2 Å². The molecule has 3 aromatic rings. The third-order valence-electron chi connectivity index (χ3n) is 4.09. The second kappa shape index (κ2) is 8.56. The molecule has 1 N–H and O–H groups in total. The maximum Gasteiger partial charge on any atom is 0.227 e. The van der Waals surface area contributed by atoms with Crippen LogP contribution in [0.25, 0.3) is 21.3 Å². The molecule has 0 saturated heterocycles. The van der Waals surface area contributed by atoms with Crippen molar-refractivity contribution in [3.8, 4) is 17.2 Å². The van der Waals surface area contributed by atoms with Gasteiger partial charge in [0.05, 0.1) is 35.2 Å². The lowest BCUT2D eigenvalue weighted by Gasteiger charge is -2.04. The van der Waals surface area contributed by atoms with Gasteiger partial charge in [0, 0.05) is 6.42 Å². The molecule has 0 saturated carbocycles. The van der Waals surface area contributed by atoms with Gasteiger partial charge in [-0.25, -0.2) is 4.98 Å². The zero-order valence-corrected chi connectivity index (χ0v) is 15.8. The monoisotopic (exact) mass is 377 g/mol. The minimum absolute atomic E-state index is 0.0477. The number of nitrogens with zero attached hydrogens (tertiary/aromatic N) is 2. The molecular weight excluding hydrogens is 358 g/mol. The van der Waals surface area contributed by atoms with Crippen LogP contribution in [0.1, 0.15) is 18.4 Å². The molecule has 0 aliphatic rings. The van der Waals surface area contributed by atoms with E-state index < -0.39 is 0 Å². The van der Waals surface area contributed by atoms with Crippen LogP contribution in [-0.2, 0) is 16.0 Å². The van der Waals surface area contributed by atoms with E-state index in [0.29, 0.717) is 5.01 Å². The number of fused-ring (bicyclic) bond motifs is 1.